The van der Waals surface area contributed by atoms with E-state index < -0.39 is 0 Å². The predicted molar refractivity (Wildman–Crippen MR) is 68.4 cm³/mol. The molecule has 4 heteroatoms. The molecular weight excluding hydrogens is 271 g/mol. The van der Waals surface area contributed by atoms with E-state index in [1.807, 2.05) is 0 Å². The summed E-state index contributed by atoms with van der Waals surface area (Å²) in [5, 5.41) is 0. The fraction of sp³-hybridized carbons (Fsp3) is 0.500. The highest BCUT2D eigenvalue weighted by atomic mass is 79.9. The molecule has 0 heterocycles. The number of halogens is 2. The van der Waals surface area contributed by atoms with Crippen molar-refractivity contribution in [2.75, 3.05) is 0 Å². The van der Waals surface area contributed by atoms with Gasteiger partial charge in [-0.25, -0.2) is 4.39 Å². The van der Waals surface area contributed by atoms with Gasteiger partial charge in [0, 0.05) is 10.5 Å². The molecule has 0 radical (unpaired) electrons. The SMILES string of the molecule is CC(C)CC(Cc1ccc(F)cc1Br)NN. The number of nitrogens with two attached hydrogens (primary N) is 1. The van der Waals surface area contributed by atoms with Gasteiger partial charge in [-0.2, -0.15) is 0 Å². The van der Waals surface area contributed by atoms with Crippen LogP contribution in [0.2, 0.25) is 0 Å². The van der Waals surface area contributed by atoms with Gasteiger partial charge in [-0.1, -0.05) is 35.8 Å². The zero-order valence-corrected chi connectivity index (χ0v) is 11.2. The van der Waals surface area contributed by atoms with Crippen LogP contribution in [0.4, 0.5) is 4.39 Å². The van der Waals surface area contributed by atoms with E-state index >= 15 is 0 Å². The lowest BCUT2D eigenvalue weighted by atomic mass is 9.98. The zero-order valence-electron chi connectivity index (χ0n) is 9.63. The first kappa shape index (κ1) is 13.6. The first-order valence-corrected chi connectivity index (χ1v) is 6.22. The molecule has 0 aliphatic rings. The maximum atomic E-state index is 12.9. The van der Waals surface area contributed by atoms with Gasteiger partial charge in [0.1, 0.15) is 5.82 Å². The topological polar surface area (TPSA) is 38.0 Å². The Kier molecular flexibility index (Phi) is 5.38. The highest BCUT2D eigenvalue weighted by Gasteiger charge is 2.12. The molecule has 0 amide bonds. The molecule has 0 spiro atoms. The largest absolute Gasteiger partial charge is 0.271 e. The molecule has 2 nitrogen and oxygen atoms in total. The smallest absolute Gasteiger partial charge is 0.124 e. The summed E-state index contributed by atoms with van der Waals surface area (Å²) in [5.41, 5.74) is 3.88. The monoisotopic (exact) mass is 288 g/mol. The van der Waals surface area contributed by atoms with Crippen molar-refractivity contribution >= 4 is 15.9 Å². The highest BCUT2D eigenvalue weighted by molar-refractivity contribution is 9.10. The Morgan fingerprint density at radius 3 is 2.62 bits per heavy atom. The van der Waals surface area contributed by atoms with E-state index in [9.17, 15) is 4.39 Å². The lowest BCUT2D eigenvalue weighted by molar-refractivity contribution is 0.422. The minimum Gasteiger partial charge on any atom is -0.271 e. The Morgan fingerprint density at radius 2 is 2.12 bits per heavy atom. The summed E-state index contributed by atoms with van der Waals surface area (Å²) in [6, 6.07) is 4.98. The van der Waals surface area contributed by atoms with Crippen molar-refractivity contribution in [2.24, 2.45) is 11.8 Å². The summed E-state index contributed by atoms with van der Waals surface area (Å²) >= 11 is 3.36. The molecular formula is C12H18BrFN2. The van der Waals surface area contributed by atoms with E-state index in [0.29, 0.717) is 5.92 Å². The van der Waals surface area contributed by atoms with Crippen molar-refractivity contribution in [1.29, 1.82) is 0 Å². The van der Waals surface area contributed by atoms with Gasteiger partial charge in [0.15, 0.2) is 0 Å². The van der Waals surface area contributed by atoms with Gasteiger partial charge in [0.05, 0.1) is 0 Å². The summed E-state index contributed by atoms with van der Waals surface area (Å²) in [4.78, 5) is 0. The highest BCUT2D eigenvalue weighted by Crippen LogP contribution is 2.20. The number of hydrogen-bond acceptors (Lipinski definition) is 2. The molecule has 1 atom stereocenters. The number of nitrogens with one attached hydrogen (secondary N) is 1. The van der Waals surface area contributed by atoms with Crippen LogP contribution < -0.4 is 11.3 Å². The molecule has 0 bridgehead atoms. The number of hydrazine groups is 1. The van der Waals surface area contributed by atoms with E-state index in [4.69, 9.17) is 5.84 Å². The minimum atomic E-state index is -0.225. The second-order valence-corrected chi connectivity index (χ2v) is 5.29. The molecule has 0 aromatic heterocycles. The maximum Gasteiger partial charge on any atom is 0.124 e. The van der Waals surface area contributed by atoms with Crippen molar-refractivity contribution in [3.63, 3.8) is 0 Å². The zero-order chi connectivity index (χ0) is 12.1. The molecule has 0 aliphatic carbocycles. The van der Waals surface area contributed by atoms with Gasteiger partial charge in [-0.15, -0.1) is 0 Å². The molecule has 0 aliphatic heterocycles. The van der Waals surface area contributed by atoms with Gasteiger partial charge in [0.2, 0.25) is 0 Å². The number of benzene rings is 1. The van der Waals surface area contributed by atoms with Crippen LogP contribution in [0.25, 0.3) is 0 Å². The average molecular weight is 289 g/mol. The quantitative estimate of drug-likeness (QED) is 0.646. The molecule has 16 heavy (non-hydrogen) atoms. The summed E-state index contributed by atoms with van der Waals surface area (Å²) < 4.78 is 13.7. The van der Waals surface area contributed by atoms with Crippen LogP contribution in [0.3, 0.4) is 0 Å². The molecule has 1 aromatic rings. The first-order valence-electron chi connectivity index (χ1n) is 5.43. The van der Waals surface area contributed by atoms with E-state index in [1.165, 1.54) is 12.1 Å². The minimum absolute atomic E-state index is 0.224. The number of hydrogen-bond donors (Lipinski definition) is 2. The van der Waals surface area contributed by atoms with Crippen LogP contribution in [-0.4, -0.2) is 6.04 Å². The van der Waals surface area contributed by atoms with Crippen LogP contribution >= 0.6 is 15.9 Å². The van der Waals surface area contributed by atoms with Crippen molar-refractivity contribution in [1.82, 2.24) is 5.43 Å². The Bertz CT molecular complexity index is 342. The molecule has 1 rings (SSSR count). The third kappa shape index (κ3) is 4.20. The van der Waals surface area contributed by atoms with Gasteiger partial charge in [-0.05, 0) is 36.5 Å². The van der Waals surface area contributed by atoms with Crippen LogP contribution in [-0.2, 0) is 6.42 Å². The Morgan fingerprint density at radius 1 is 1.44 bits per heavy atom. The van der Waals surface area contributed by atoms with E-state index in [2.05, 4.69) is 35.2 Å². The second kappa shape index (κ2) is 6.33. The molecule has 0 saturated heterocycles. The van der Waals surface area contributed by atoms with E-state index in [-0.39, 0.29) is 11.9 Å². The van der Waals surface area contributed by atoms with Gasteiger partial charge < -0.3 is 0 Å². The lowest BCUT2D eigenvalue weighted by Gasteiger charge is -2.18. The van der Waals surface area contributed by atoms with Crippen LogP contribution in [0, 0.1) is 11.7 Å². The van der Waals surface area contributed by atoms with Crippen molar-refractivity contribution in [3.8, 4) is 0 Å². The van der Waals surface area contributed by atoms with Gasteiger partial charge in [0.25, 0.3) is 0 Å². The van der Waals surface area contributed by atoms with Gasteiger partial charge in [-0.3, -0.25) is 11.3 Å². The fourth-order valence-corrected chi connectivity index (χ4v) is 2.24. The van der Waals surface area contributed by atoms with E-state index in [1.54, 1.807) is 6.07 Å². The lowest BCUT2D eigenvalue weighted by Crippen LogP contribution is -2.37. The molecule has 1 aromatic carbocycles. The summed E-state index contributed by atoms with van der Waals surface area (Å²) in [5.74, 6) is 5.87. The molecule has 1 unspecified atom stereocenters. The molecule has 90 valence electrons. The van der Waals surface area contributed by atoms with Crippen molar-refractivity contribution in [2.45, 2.75) is 32.7 Å². The Labute approximate surface area is 105 Å². The summed E-state index contributed by atoms with van der Waals surface area (Å²) in [7, 11) is 0. The predicted octanol–water partition coefficient (Wildman–Crippen LogP) is 3.01. The van der Waals surface area contributed by atoms with Crippen LogP contribution in [0.5, 0.6) is 0 Å². The van der Waals surface area contributed by atoms with Crippen LogP contribution in [0.15, 0.2) is 22.7 Å². The molecule has 0 fully saturated rings. The van der Waals surface area contributed by atoms with Crippen molar-refractivity contribution < 1.29 is 4.39 Å². The number of rotatable bonds is 5. The molecule has 3 N–H and O–H groups in total. The Hall–Kier alpha value is -0.450. The summed E-state index contributed by atoms with van der Waals surface area (Å²) in [6.07, 6.45) is 1.80. The van der Waals surface area contributed by atoms with E-state index in [0.717, 1.165) is 22.9 Å². The van der Waals surface area contributed by atoms with Crippen molar-refractivity contribution in [3.05, 3.63) is 34.1 Å². The third-order valence-corrected chi connectivity index (χ3v) is 3.21. The maximum absolute atomic E-state index is 12.9. The fourth-order valence-electron chi connectivity index (χ4n) is 1.73. The third-order valence-electron chi connectivity index (χ3n) is 2.47. The normalized spacial score (nSPS) is 13.1. The second-order valence-electron chi connectivity index (χ2n) is 4.43. The van der Waals surface area contributed by atoms with Crippen LogP contribution in [0.1, 0.15) is 25.8 Å². The average Bonchev–Trinajstić information content (AvgIpc) is 2.20. The Balaban J connectivity index is 2.70. The summed E-state index contributed by atoms with van der Waals surface area (Å²) in [6.45, 7) is 4.31. The standard InChI is InChI=1S/C12H18BrFN2/c1-8(2)5-11(16-15)6-9-3-4-10(14)7-12(9)13/h3-4,7-8,11,16H,5-6,15H2,1-2H3. The molecule has 0 saturated carbocycles. The van der Waals surface area contributed by atoms with Gasteiger partial charge >= 0.3 is 0 Å². The first-order chi connectivity index (χ1) is 7.52.